The van der Waals surface area contributed by atoms with Crippen molar-refractivity contribution in [2.45, 2.75) is 16.8 Å². The van der Waals surface area contributed by atoms with Gasteiger partial charge in [-0.05, 0) is 25.1 Å². The smallest absolute Gasteiger partial charge is 0.238 e. The Kier molecular flexibility index (Phi) is 3.83. The standard InChI is InChI=1S/C11H11ClN4S/c1-7-6-14-11(16-13)15-10(7)17-9-4-2-3-8(12)5-9/h2-6H,13H2,1H3,(H,14,15,16). The molecule has 6 heteroatoms. The summed E-state index contributed by atoms with van der Waals surface area (Å²) in [5, 5.41) is 1.56. The molecule has 0 radical (unpaired) electrons. The molecule has 0 aliphatic carbocycles. The number of benzene rings is 1. The number of nitrogens with zero attached hydrogens (tertiary/aromatic N) is 2. The minimum absolute atomic E-state index is 0.403. The summed E-state index contributed by atoms with van der Waals surface area (Å²) in [5.74, 6) is 5.68. The summed E-state index contributed by atoms with van der Waals surface area (Å²) in [5.41, 5.74) is 3.42. The van der Waals surface area contributed by atoms with E-state index < -0.39 is 0 Å². The highest BCUT2D eigenvalue weighted by molar-refractivity contribution is 7.99. The van der Waals surface area contributed by atoms with E-state index >= 15 is 0 Å². The molecule has 3 N–H and O–H groups in total. The highest BCUT2D eigenvalue weighted by Crippen LogP contribution is 2.30. The third kappa shape index (κ3) is 3.09. The molecule has 0 saturated heterocycles. The lowest BCUT2D eigenvalue weighted by molar-refractivity contribution is 0.992. The molecule has 0 unspecified atom stereocenters. The first-order valence-corrected chi connectivity index (χ1v) is 6.12. The number of nitrogens with two attached hydrogens (primary N) is 1. The zero-order valence-corrected chi connectivity index (χ0v) is 10.7. The van der Waals surface area contributed by atoms with Gasteiger partial charge in [-0.1, -0.05) is 29.4 Å². The topological polar surface area (TPSA) is 63.8 Å². The molecular formula is C11H11ClN4S. The monoisotopic (exact) mass is 266 g/mol. The molecule has 88 valence electrons. The second kappa shape index (κ2) is 5.35. The van der Waals surface area contributed by atoms with E-state index in [0.29, 0.717) is 11.0 Å². The van der Waals surface area contributed by atoms with Crippen molar-refractivity contribution in [1.29, 1.82) is 0 Å². The van der Waals surface area contributed by atoms with Gasteiger partial charge >= 0.3 is 0 Å². The molecule has 1 aromatic heterocycles. The van der Waals surface area contributed by atoms with Gasteiger partial charge in [0, 0.05) is 21.7 Å². The molecule has 0 bridgehead atoms. The predicted molar refractivity (Wildman–Crippen MR) is 70.2 cm³/mol. The van der Waals surface area contributed by atoms with Crippen LogP contribution in [-0.2, 0) is 0 Å². The third-order valence-electron chi connectivity index (χ3n) is 2.06. The molecule has 2 aromatic rings. The first-order valence-electron chi connectivity index (χ1n) is 4.92. The van der Waals surface area contributed by atoms with Crippen molar-refractivity contribution in [2.24, 2.45) is 5.84 Å². The second-order valence-electron chi connectivity index (χ2n) is 3.39. The molecule has 1 aromatic carbocycles. The van der Waals surface area contributed by atoms with Crippen LogP contribution < -0.4 is 11.3 Å². The summed E-state index contributed by atoms with van der Waals surface area (Å²) in [6.07, 6.45) is 1.73. The van der Waals surface area contributed by atoms with Gasteiger partial charge in [0.2, 0.25) is 5.95 Å². The summed E-state index contributed by atoms with van der Waals surface area (Å²) < 4.78 is 0. The van der Waals surface area contributed by atoms with E-state index in [1.54, 1.807) is 6.20 Å². The summed E-state index contributed by atoms with van der Waals surface area (Å²) in [6, 6.07) is 7.62. The first kappa shape index (κ1) is 12.2. The third-order valence-corrected chi connectivity index (χ3v) is 3.40. The van der Waals surface area contributed by atoms with Crippen LogP contribution in [0.1, 0.15) is 5.56 Å². The highest BCUT2D eigenvalue weighted by atomic mass is 35.5. The zero-order chi connectivity index (χ0) is 12.3. The minimum Gasteiger partial charge on any atom is -0.292 e. The number of rotatable bonds is 3. The van der Waals surface area contributed by atoms with Gasteiger partial charge in [-0.2, -0.15) is 0 Å². The Morgan fingerprint density at radius 3 is 2.94 bits per heavy atom. The van der Waals surface area contributed by atoms with Gasteiger partial charge in [0.15, 0.2) is 0 Å². The number of hydrogen-bond donors (Lipinski definition) is 2. The quantitative estimate of drug-likeness (QED) is 0.508. The normalized spacial score (nSPS) is 10.3. The number of aromatic nitrogens is 2. The van der Waals surface area contributed by atoms with Gasteiger partial charge in [0.1, 0.15) is 5.03 Å². The van der Waals surface area contributed by atoms with Gasteiger partial charge < -0.3 is 0 Å². The van der Waals surface area contributed by atoms with Crippen LogP contribution in [0.25, 0.3) is 0 Å². The van der Waals surface area contributed by atoms with Crippen molar-refractivity contribution < 1.29 is 0 Å². The average Bonchev–Trinajstić information content (AvgIpc) is 2.32. The SMILES string of the molecule is Cc1cnc(NN)nc1Sc1cccc(Cl)c1. The van der Waals surface area contributed by atoms with Crippen LogP contribution in [0.3, 0.4) is 0 Å². The number of hydrazine groups is 1. The lowest BCUT2D eigenvalue weighted by atomic mass is 10.4. The van der Waals surface area contributed by atoms with Gasteiger partial charge in [-0.3, -0.25) is 5.43 Å². The fourth-order valence-electron chi connectivity index (χ4n) is 1.24. The molecule has 1 heterocycles. The van der Waals surface area contributed by atoms with Crippen molar-refractivity contribution in [3.05, 3.63) is 41.0 Å². The molecule has 0 fully saturated rings. The van der Waals surface area contributed by atoms with Crippen molar-refractivity contribution in [3.63, 3.8) is 0 Å². The molecule has 0 amide bonds. The van der Waals surface area contributed by atoms with Crippen molar-refractivity contribution in [2.75, 3.05) is 5.43 Å². The summed E-state index contributed by atoms with van der Waals surface area (Å²) >= 11 is 7.46. The Morgan fingerprint density at radius 1 is 1.41 bits per heavy atom. The minimum atomic E-state index is 0.403. The van der Waals surface area contributed by atoms with E-state index in [-0.39, 0.29) is 0 Å². The summed E-state index contributed by atoms with van der Waals surface area (Å²) in [7, 11) is 0. The summed E-state index contributed by atoms with van der Waals surface area (Å²) in [6.45, 7) is 1.95. The van der Waals surface area contributed by atoms with E-state index in [4.69, 9.17) is 17.4 Å². The molecule has 0 atom stereocenters. The second-order valence-corrected chi connectivity index (χ2v) is 4.88. The van der Waals surface area contributed by atoms with E-state index in [2.05, 4.69) is 15.4 Å². The van der Waals surface area contributed by atoms with Gasteiger partial charge in [0.05, 0.1) is 0 Å². The van der Waals surface area contributed by atoms with Crippen LogP contribution >= 0.6 is 23.4 Å². The van der Waals surface area contributed by atoms with Crippen LogP contribution in [-0.4, -0.2) is 9.97 Å². The number of hydrogen-bond acceptors (Lipinski definition) is 5. The fraction of sp³-hybridized carbons (Fsp3) is 0.0909. The Hall–Kier alpha value is -1.30. The van der Waals surface area contributed by atoms with E-state index in [9.17, 15) is 0 Å². The van der Waals surface area contributed by atoms with Crippen LogP contribution in [0.5, 0.6) is 0 Å². The van der Waals surface area contributed by atoms with Crippen LogP contribution in [0.2, 0.25) is 5.02 Å². The maximum atomic E-state index is 5.93. The molecule has 4 nitrogen and oxygen atoms in total. The first-order chi connectivity index (χ1) is 8.19. The zero-order valence-electron chi connectivity index (χ0n) is 9.14. The predicted octanol–water partition coefficient (Wildman–Crippen LogP) is 2.88. The summed E-state index contributed by atoms with van der Waals surface area (Å²) in [4.78, 5) is 9.35. The number of halogens is 1. The highest BCUT2D eigenvalue weighted by Gasteiger charge is 2.05. The number of nitrogen functional groups attached to an aromatic ring is 1. The van der Waals surface area contributed by atoms with E-state index in [1.165, 1.54) is 11.8 Å². The van der Waals surface area contributed by atoms with E-state index in [0.717, 1.165) is 15.5 Å². The molecule has 0 aliphatic rings. The number of nitrogens with one attached hydrogen (secondary N) is 1. The molecular weight excluding hydrogens is 256 g/mol. The Labute approximate surface area is 109 Å². The lowest BCUT2D eigenvalue weighted by Gasteiger charge is -2.06. The molecule has 0 aliphatic heterocycles. The van der Waals surface area contributed by atoms with Crippen molar-refractivity contribution in [3.8, 4) is 0 Å². The Bertz CT molecular complexity index is 533. The molecule has 0 saturated carbocycles. The van der Waals surface area contributed by atoms with Crippen molar-refractivity contribution >= 4 is 29.3 Å². The van der Waals surface area contributed by atoms with Crippen LogP contribution in [0.4, 0.5) is 5.95 Å². The van der Waals surface area contributed by atoms with Gasteiger partial charge in [0.25, 0.3) is 0 Å². The Morgan fingerprint density at radius 2 is 2.24 bits per heavy atom. The van der Waals surface area contributed by atoms with Crippen LogP contribution in [0.15, 0.2) is 40.4 Å². The van der Waals surface area contributed by atoms with Gasteiger partial charge in [-0.25, -0.2) is 15.8 Å². The molecule has 17 heavy (non-hydrogen) atoms. The fourth-order valence-corrected chi connectivity index (χ4v) is 2.40. The Balaban J connectivity index is 2.29. The molecule has 2 rings (SSSR count). The number of aryl methyl sites for hydroxylation is 1. The van der Waals surface area contributed by atoms with E-state index in [1.807, 2.05) is 31.2 Å². The maximum Gasteiger partial charge on any atom is 0.238 e. The maximum absolute atomic E-state index is 5.93. The average molecular weight is 267 g/mol. The van der Waals surface area contributed by atoms with Crippen molar-refractivity contribution in [1.82, 2.24) is 9.97 Å². The largest absolute Gasteiger partial charge is 0.292 e. The van der Waals surface area contributed by atoms with Gasteiger partial charge in [-0.15, -0.1) is 0 Å². The van der Waals surface area contributed by atoms with Crippen LogP contribution in [0, 0.1) is 6.92 Å². The molecule has 0 spiro atoms. The number of anilines is 1. The lowest BCUT2D eigenvalue weighted by Crippen LogP contribution is -2.10.